The highest BCUT2D eigenvalue weighted by atomic mass is 32.1. The van der Waals surface area contributed by atoms with Crippen molar-refractivity contribution in [1.29, 1.82) is 0 Å². The number of amides is 1. The molecule has 1 N–H and O–H groups in total. The molecular weight excluding hydrogens is 471 g/mol. The van der Waals surface area contributed by atoms with Gasteiger partial charge < -0.3 is 10.1 Å². The molecule has 0 saturated carbocycles. The Hall–Kier alpha value is -3.32. The molecule has 3 aromatic rings. The minimum atomic E-state index is -4.95. The highest BCUT2D eigenvalue weighted by molar-refractivity contribution is 7.14. The highest BCUT2D eigenvalue weighted by Crippen LogP contribution is 2.37. The molecule has 1 atom stereocenters. The number of carbonyl (C=O) groups excluding carboxylic acids is 2. The maximum absolute atomic E-state index is 13.2. The van der Waals surface area contributed by atoms with Gasteiger partial charge in [0, 0.05) is 28.5 Å². The Morgan fingerprint density at radius 2 is 2.03 bits per heavy atom. The van der Waals surface area contributed by atoms with Crippen molar-refractivity contribution in [2.24, 2.45) is 0 Å². The molecule has 3 rings (SSSR count). The van der Waals surface area contributed by atoms with Gasteiger partial charge in [-0.3, -0.25) is 19.7 Å². The molecule has 0 radical (unpaired) electrons. The molecule has 13 heteroatoms. The zero-order valence-corrected chi connectivity index (χ0v) is 17.8. The number of hydrogen-bond acceptors (Lipinski definition) is 8. The Labute approximate surface area is 186 Å². The summed E-state index contributed by atoms with van der Waals surface area (Å²) in [6.07, 6.45) is -6.57. The third-order valence-corrected chi connectivity index (χ3v) is 5.72. The van der Waals surface area contributed by atoms with E-state index in [1.165, 1.54) is 29.6 Å². The number of nitrogens with zero attached hydrogens (tertiary/aromatic N) is 2. The summed E-state index contributed by atoms with van der Waals surface area (Å²) in [5, 5.41) is 18.9. The predicted molar refractivity (Wildman–Crippen MR) is 111 cm³/mol. The summed E-state index contributed by atoms with van der Waals surface area (Å²) in [5.74, 6) is -1.80. The molecule has 1 aromatic carbocycles. The van der Waals surface area contributed by atoms with Gasteiger partial charge in [-0.25, -0.2) is 4.98 Å². The van der Waals surface area contributed by atoms with Gasteiger partial charge in [-0.1, -0.05) is 0 Å². The molecule has 168 valence electrons. The van der Waals surface area contributed by atoms with Gasteiger partial charge >= 0.3 is 12.1 Å². The van der Waals surface area contributed by atoms with Crippen molar-refractivity contribution < 1.29 is 32.4 Å². The van der Waals surface area contributed by atoms with Crippen LogP contribution in [0.3, 0.4) is 0 Å². The number of benzene rings is 1. The lowest BCUT2D eigenvalue weighted by Gasteiger charge is -2.16. The number of nitro groups is 1. The van der Waals surface area contributed by atoms with Crippen LogP contribution in [-0.2, 0) is 26.9 Å². The average Bonchev–Trinajstić information content (AvgIpc) is 3.38. The lowest BCUT2D eigenvalue weighted by Crippen LogP contribution is -2.31. The molecule has 0 bridgehead atoms. The van der Waals surface area contributed by atoms with Crippen LogP contribution in [0.5, 0.6) is 0 Å². The number of anilines is 1. The van der Waals surface area contributed by atoms with Crippen molar-refractivity contribution in [3.8, 4) is 10.6 Å². The largest absolute Gasteiger partial charge is 0.452 e. The van der Waals surface area contributed by atoms with Gasteiger partial charge in [-0.15, -0.1) is 11.3 Å². The van der Waals surface area contributed by atoms with E-state index in [4.69, 9.17) is 4.74 Å². The molecule has 0 aliphatic carbocycles. The summed E-state index contributed by atoms with van der Waals surface area (Å²) in [7, 11) is 0. The number of rotatable bonds is 7. The summed E-state index contributed by atoms with van der Waals surface area (Å²) >= 11 is 2.84. The first-order chi connectivity index (χ1) is 15.0. The Kier molecular flexibility index (Phi) is 6.89. The van der Waals surface area contributed by atoms with E-state index in [1.54, 1.807) is 5.38 Å². The lowest BCUT2D eigenvalue weighted by molar-refractivity contribution is -0.385. The van der Waals surface area contributed by atoms with Crippen LogP contribution in [0.25, 0.3) is 10.6 Å². The van der Waals surface area contributed by atoms with Gasteiger partial charge in [0.2, 0.25) is 0 Å². The van der Waals surface area contributed by atoms with Crippen molar-refractivity contribution in [3.05, 3.63) is 61.8 Å². The summed E-state index contributed by atoms with van der Waals surface area (Å²) in [6, 6.07) is 3.80. The number of thiophene rings is 1. The van der Waals surface area contributed by atoms with E-state index in [9.17, 15) is 32.9 Å². The maximum Gasteiger partial charge on any atom is 0.418 e. The van der Waals surface area contributed by atoms with E-state index >= 15 is 0 Å². The van der Waals surface area contributed by atoms with E-state index in [0.29, 0.717) is 11.8 Å². The van der Waals surface area contributed by atoms with Crippen LogP contribution in [0.4, 0.5) is 24.5 Å². The number of hydrogen-bond donors (Lipinski definition) is 1. The lowest BCUT2D eigenvalue weighted by atomic mass is 10.1. The molecular formula is C19H14F3N3O5S2. The van der Waals surface area contributed by atoms with Crippen LogP contribution in [0.1, 0.15) is 18.2 Å². The minimum absolute atomic E-state index is 0.219. The van der Waals surface area contributed by atoms with Crippen molar-refractivity contribution in [1.82, 2.24) is 4.98 Å². The van der Waals surface area contributed by atoms with E-state index in [0.717, 1.165) is 22.7 Å². The van der Waals surface area contributed by atoms with E-state index < -0.39 is 46.0 Å². The van der Waals surface area contributed by atoms with Crippen molar-refractivity contribution in [2.45, 2.75) is 25.6 Å². The second kappa shape index (κ2) is 9.44. The van der Waals surface area contributed by atoms with Crippen LogP contribution in [0.2, 0.25) is 0 Å². The molecule has 0 spiro atoms. The average molecular weight is 485 g/mol. The molecule has 8 nitrogen and oxygen atoms in total. The third kappa shape index (κ3) is 5.68. The topological polar surface area (TPSA) is 111 Å². The first-order valence-electron chi connectivity index (χ1n) is 8.87. The van der Waals surface area contributed by atoms with Gasteiger partial charge in [0.15, 0.2) is 6.10 Å². The molecule has 0 aliphatic heterocycles. The maximum atomic E-state index is 13.2. The SMILES string of the molecule is CC(OC(=O)Cc1csc(-c2ccsc2)n1)C(=O)Nc1ccc([N+](=O)[O-])cc1C(F)(F)F. The van der Waals surface area contributed by atoms with Gasteiger partial charge in [0.05, 0.1) is 28.3 Å². The molecule has 2 heterocycles. The Morgan fingerprint density at radius 1 is 1.28 bits per heavy atom. The first-order valence-corrected chi connectivity index (χ1v) is 10.7. The van der Waals surface area contributed by atoms with Crippen molar-refractivity contribution >= 4 is 45.9 Å². The van der Waals surface area contributed by atoms with Gasteiger partial charge in [0.1, 0.15) is 5.01 Å². The van der Waals surface area contributed by atoms with Gasteiger partial charge in [-0.05, 0) is 24.4 Å². The van der Waals surface area contributed by atoms with Gasteiger partial charge in [0.25, 0.3) is 11.6 Å². The number of halogens is 3. The highest BCUT2D eigenvalue weighted by Gasteiger charge is 2.36. The Bertz CT molecular complexity index is 1150. The Balaban J connectivity index is 1.63. The van der Waals surface area contributed by atoms with Crippen LogP contribution < -0.4 is 5.32 Å². The first kappa shape index (κ1) is 23.3. The van der Waals surface area contributed by atoms with Crippen LogP contribution in [0.15, 0.2) is 40.4 Å². The quantitative estimate of drug-likeness (QED) is 0.289. The smallest absolute Gasteiger partial charge is 0.418 e. The standard InChI is InChI=1S/C19H14F3N3O5S2/c1-10(30-16(26)6-12-9-32-18(23-12)11-4-5-31-8-11)17(27)24-15-3-2-13(25(28)29)7-14(15)19(20,21)22/h2-5,7-10H,6H2,1H3,(H,24,27). The van der Waals surface area contributed by atoms with E-state index in [-0.39, 0.29) is 6.42 Å². The monoisotopic (exact) mass is 485 g/mol. The molecule has 0 aliphatic rings. The fourth-order valence-corrected chi connectivity index (χ4v) is 4.10. The summed E-state index contributed by atoms with van der Waals surface area (Å²) in [4.78, 5) is 38.5. The predicted octanol–water partition coefficient (Wildman–Crippen LogP) is 4.91. The molecule has 1 amide bonds. The van der Waals surface area contributed by atoms with Crippen LogP contribution in [0, 0.1) is 10.1 Å². The summed E-state index contributed by atoms with van der Waals surface area (Å²) < 4.78 is 44.7. The third-order valence-electron chi connectivity index (χ3n) is 4.10. The normalized spacial score (nSPS) is 12.2. The number of ether oxygens (including phenoxy) is 1. The number of nitro benzene ring substituents is 1. The number of nitrogens with one attached hydrogen (secondary N) is 1. The molecule has 0 saturated heterocycles. The minimum Gasteiger partial charge on any atom is -0.452 e. The zero-order chi connectivity index (χ0) is 23.5. The second-order valence-electron chi connectivity index (χ2n) is 6.44. The fraction of sp³-hybridized carbons (Fsp3) is 0.211. The Morgan fingerprint density at radius 3 is 2.66 bits per heavy atom. The number of esters is 1. The number of carbonyl (C=O) groups is 2. The van der Waals surface area contributed by atoms with E-state index in [1.807, 2.05) is 22.1 Å². The summed E-state index contributed by atoms with van der Waals surface area (Å²) in [6.45, 7) is 1.20. The van der Waals surface area contributed by atoms with Crippen LogP contribution >= 0.6 is 22.7 Å². The molecule has 32 heavy (non-hydrogen) atoms. The number of aromatic nitrogens is 1. The summed E-state index contributed by atoms with van der Waals surface area (Å²) in [5.41, 5.74) is -1.50. The zero-order valence-electron chi connectivity index (χ0n) is 16.2. The molecule has 0 fully saturated rings. The fourth-order valence-electron chi connectivity index (χ4n) is 2.57. The van der Waals surface area contributed by atoms with Crippen molar-refractivity contribution in [2.75, 3.05) is 5.32 Å². The number of alkyl halides is 3. The van der Waals surface area contributed by atoms with E-state index in [2.05, 4.69) is 4.98 Å². The number of thiazole rings is 1. The number of non-ortho nitro benzene ring substituents is 1. The van der Waals surface area contributed by atoms with Crippen LogP contribution in [-0.4, -0.2) is 27.9 Å². The second-order valence-corrected chi connectivity index (χ2v) is 8.08. The molecule has 1 unspecified atom stereocenters. The van der Waals surface area contributed by atoms with Crippen molar-refractivity contribution in [3.63, 3.8) is 0 Å². The van der Waals surface area contributed by atoms with Gasteiger partial charge in [-0.2, -0.15) is 24.5 Å². The molecule has 2 aromatic heterocycles.